The molecule has 1 fully saturated rings. The molecule has 13 heteroatoms. The highest BCUT2D eigenvalue weighted by atomic mass is 35.5. The van der Waals surface area contributed by atoms with Gasteiger partial charge in [0.15, 0.2) is 0 Å². The van der Waals surface area contributed by atoms with Crippen LogP contribution in [0.5, 0.6) is 5.75 Å². The second-order valence-corrected chi connectivity index (χ2v) is 11.3. The molecule has 3 aromatic carbocycles. The fourth-order valence-electron chi connectivity index (χ4n) is 4.70. The molecule has 4 aromatic rings. The first-order valence-corrected chi connectivity index (χ1v) is 14.0. The summed E-state index contributed by atoms with van der Waals surface area (Å²) >= 11 is 0. The second-order valence-electron chi connectivity index (χ2n) is 9.59. The van der Waals surface area contributed by atoms with Crippen LogP contribution in [0, 0.1) is 13.8 Å². The highest BCUT2D eigenvalue weighted by molar-refractivity contribution is 7.92. The fraction of sp³-hybridized carbons (Fsp3) is 0.241. The van der Waals surface area contributed by atoms with Crippen LogP contribution in [0.2, 0.25) is 0 Å². The molecular weight excluding hydrogens is 623 g/mol. The van der Waals surface area contributed by atoms with Gasteiger partial charge in [-0.1, -0.05) is 6.07 Å². The monoisotopic (exact) mass is 654 g/mol. The summed E-state index contributed by atoms with van der Waals surface area (Å²) in [5.74, 6) is 0.285. The lowest BCUT2D eigenvalue weighted by Gasteiger charge is -2.37. The SMILES string of the molecule is COc1ccc(N2CCN(c3cc(C(=O)O)c4cc(NS(=O)(=O)c5ccc(C)c(C)c5)ccc4n3)CC2)cc1.Cl.Cl.Cl. The molecule has 0 radical (unpaired) electrons. The van der Waals surface area contributed by atoms with Gasteiger partial charge in [0.05, 0.1) is 23.1 Å². The Kier molecular flexibility index (Phi) is 11.7. The van der Waals surface area contributed by atoms with Crippen LogP contribution in [0.15, 0.2) is 71.6 Å². The Morgan fingerprint density at radius 3 is 2.10 bits per heavy atom. The zero-order valence-electron chi connectivity index (χ0n) is 23.2. The fourth-order valence-corrected chi connectivity index (χ4v) is 5.83. The van der Waals surface area contributed by atoms with E-state index in [0.717, 1.165) is 35.7 Å². The number of ether oxygens (including phenoxy) is 1. The lowest BCUT2D eigenvalue weighted by molar-refractivity contribution is 0.0699. The summed E-state index contributed by atoms with van der Waals surface area (Å²) in [6.07, 6.45) is 0. The molecule has 1 saturated heterocycles. The lowest BCUT2D eigenvalue weighted by Crippen LogP contribution is -2.46. The first-order valence-electron chi connectivity index (χ1n) is 12.6. The Morgan fingerprint density at radius 2 is 1.50 bits per heavy atom. The summed E-state index contributed by atoms with van der Waals surface area (Å²) in [6, 6.07) is 19.2. The molecular formula is C29H33Cl3N4O5S. The number of nitrogens with one attached hydrogen (secondary N) is 1. The quantitative estimate of drug-likeness (QED) is 0.251. The zero-order valence-corrected chi connectivity index (χ0v) is 26.5. The maximum Gasteiger partial charge on any atom is 0.336 e. The summed E-state index contributed by atoms with van der Waals surface area (Å²) in [7, 11) is -2.21. The van der Waals surface area contributed by atoms with Crippen LogP contribution in [0.1, 0.15) is 21.5 Å². The van der Waals surface area contributed by atoms with Gasteiger partial charge in [-0.15, -0.1) is 37.2 Å². The van der Waals surface area contributed by atoms with Crippen LogP contribution in [-0.4, -0.2) is 57.8 Å². The van der Waals surface area contributed by atoms with Gasteiger partial charge in [-0.05, 0) is 85.6 Å². The topological polar surface area (TPSA) is 112 Å². The number of nitrogens with zero attached hydrogens (tertiary/aromatic N) is 3. The lowest BCUT2D eigenvalue weighted by atomic mass is 10.1. The number of fused-ring (bicyclic) bond motifs is 1. The number of aryl methyl sites for hydroxylation is 2. The number of methoxy groups -OCH3 is 1. The summed E-state index contributed by atoms with van der Waals surface area (Å²) in [4.78, 5) is 21.4. The number of piperazine rings is 1. The molecule has 0 saturated carbocycles. The van der Waals surface area contributed by atoms with Crippen LogP contribution >= 0.6 is 37.2 Å². The van der Waals surface area contributed by atoms with Gasteiger partial charge in [-0.3, -0.25) is 4.72 Å². The van der Waals surface area contributed by atoms with Crippen molar-refractivity contribution >= 4 is 81.3 Å². The van der Waals surface area contributed by atoms with Gasteiger partial charge < -0.3 is 19.6 Å². The molecule has 0 bridgehead atoms. The number of carboxylic acid groups (broad SMARTS) is 1. The standard InChI is InChI=1S/C29H30N4O5S.3ClH/c1-19-4-10-24(16-20(19)2)39(36,37)31-21-5-11-27-25(17-21)26(29(34)35)18-28(30-27)33-14-12-32(13-15-33)22-6-8-23(38-3)9-7-22;;;/h4-11,16-18,31H,12-15H2,1-3H3,(H,34,35);3*1H. The van der Waals surface area contributed by atoms with Gasteiger partial charge in [0.2, 0.25) is 0 Å². The number of hydrogen-bond donors (Lipinski definition) is 2. The minimum atomic E-state index is -3.85. The number of hydrogen-bond acceptors (Lipinski definition) is 7. The summed E-state index contributed by atoms with van der Waals surface area (Å²) < 4.78 is 33.8. The van der Waals surface area contributed by atoms with E-state index < -0.39 is 16.0 Å². The summed E-state index contributed by atoms with van der Waals surface area (Å²) in [5, 5.41) is 10.4. The average molecular weight is 656 g/mol. The van der Waals surface area contributed by atoms with Gasteiger partial charge in [0, 0.05) is 42.9 Å². The number of aromatic carboxylic acids is 1. The molecule has 1 aliphatic heterocycles. The van der Waals surface area contributed by atoms with E-state index >= 15 is 0 Å². The minimum Gasteiger partial charge on any atom is -0.497 e. The number of rotatable bonds is 7. The highest BCUT2D eigenvalue weighted by Gasteiger charge is 2.22. The number of sulfonamides is 1. The van der Waals surface area contributed by atoms with Gasteiger partial charge in [0.25, 0.3) is 10.0 Å². The van der Waals surface area contributed by atoms with E-state index in [1.165, 1.54) is 6.07 Å². The van der Waals surface area contributed by atoms with Crippen molar-refractivity contribution in [1.82, 2.24) is 4.98 Å². The van der Waals surface area contributed by atoms with Crippen LogP contribution in [0.25, 0.3) is 10.9 Å². The molecule has 226 valence electrons. The minimum absolute atomic E-state index is 0. The molecule has 5 rings (SSSR count). The van der Waals surface area contributed by atoms with Crippen molar-refractivity contribution in [2.45, 2.75) is 18.7 Å². The molecule has 0 spiro atoms. The summed E-state index contributed by atoms with van der Waals surface area (Å²) in [6.45, 7) is 6.64. The van der Waals surface area contributed by atoms with Crippen LogP contribution in [0.3, 0.4) is 0 Å². The third-order valence-electron chi connectivity index (χ3n) is 7.11. The molecule has 1 aromatic heterocycles. The van der Waals surface area contributed by atoms with Crippen LogP contribution < -0.4 is 19.3 Å². The van der Waals surface area contributed by atoms with E-state index in [-0.39, 0.29) is 53.4 Å². The van der Waals surface area contributed by atoms with Crippen molar-refractivity contribution in [2.24, 2.45) is 0 Å². The smallest absolute Gasteiger partial charge is 0.336 e. The zero-order chi connectivity index (χ0) is 27.7. The first-order chi connectivity index (χ1) is 18.6. The van der Waals surface area contributed by atoms with Crippen molar-refractivity contribution in [1.29, 1.82) is 0 Å². The molecule has 42 heavy (non-hydrogen) atoms. The molecule has 0 unspecified atom stereocenters. The van der Waals surface area contributed by atoms with E-state index in [0.29, 0.717) is 29.8 Å². The van der Waals surface area contributed by atoms with Crippen molar-refractivity contribution < 1.29 is 23.1 Å². The number of anilines is 3. The average Bonchev–Trinajstić information content (AvgIpc) is 2.93. The number of aromatic nitrogens is 1. The first kappa shape index (κ1) is 34.8. The Hall–Kier alpha value is -3.44. The number of carboxylic acids is 1. The van der Waals surface area contributed by atoms with Crippen molar-refractivity contribution in [2.75, 3.05) is 47.8 Å². The van der Waals surface area contributed by atoms with Crippen molar-refractivity contribution in [3.8, 4) is 5.75 Å². The van der Waals surface area contributed by atoms with Crippen molar-refractivity contribution in [3.63, 3.8) is 0 Å². The summed E-state index contributed by atoms with van der Waals surface area (Å²) in [5.41, 5.74) is 3.78. The molecule has 1 aliphatic rings. The Labute approximate surface area is 264 Å². The number of pyridine rings is 1. The van der Waals surface area contributed by atoms with E-state index in [2.05, 4.69) is 14.5 Å². The van der Waals surface area contributed by atoms with Gasteiger partial charge in [-0.2, -0.15) is 0 Å². The number of halogens is 3. The number of carbonyl (C=O) groups is 1. The van der Waals surface area contributed by atoms with Crippen LogP contribution in [0.4, 0.5) is 17.2 Å². The number of benzene rings is 3. The maximum absolute atomic E-state index is 13.0. The third kappa shape index (κ3) is 7.30. The van der Waals surface area contributed by atoms with Gasteiger partial charge in [-0.25, -0.2) is 18.2 Å². The molecule has 0 amide bonds. The highest BCUT2D eigenvalue weighted by Crippen LogP contribution is 2.29. The second kappa shape index (κ2) is 14.2. The molecule has 0 aliphatic carbocycles. The Bertz CT molecular complexity index is 1660. The van der Waals surface area contributed by atoms with E-state index in [4.69, 9.17) is 9.72 Å². The Balaban J connectivity index is 0.00000205. The normalized spacial score (nSPS) is 12.9. The van der Waals surface area contributed by atoms with Gasteiger partial charge in [0.1, 0.15) is 11.6 Å². The predicted molar refractivity (Wildman–Crippen MR) is 175 cm³/mol. The Morgan fingerprint density at radius 1 is 0.857 bits per heavy atom. The van der Waals surface area contributed by atoms with Gasteiger partial charge >= 0.3 is 5.97 Å². The third-order valence-corrected chi connectivity index (χ3v) is 8.49. The maximum atomic E-state index is 13.0. The molecule has 0 atom stereocenters. The largest absolute Gasteiger partial charge is 0.497 e. The van der Waals surface area contributed by atoms with Crippen LogP contribution in [-0.2, 0) is 10.0 Å². The van der Waals surface area contributed by atoms with E-state index in [1.54, 1.807) is 43.5 Å². The van der Waals surface area contributed by atoms with Crippen molar-refractivity contribution in [3.05, 3.63) is 83.4 Å². The molecule has 2 N–H and O–H groups in total. The van der Waals surface area contributed by atoms with E-state index in [1.807, 2.05) is 38.1 Å². The molecule has 2 heterocycles. The van der Waals surface area contributed by atoms with E-state index in [9.17, 15) is 18.3 Å². The molecule has 9 nitrogen and oxygen atoms in total. The predicted octanol–water partition coefficient (Wildman–Crippen LogP) is 5.95.